The molecule has 0 bridgehead atoms. The average Bonchev–Trinajstić information content (AvgIpc) is 2.94. The molecule has 1 heterocycles. The Bertz CT molecular complexity index is 618. The zero-order valence-electron chi connectivity index (χ0n) is 13.4. The molecule has 2 aromatic rings. The van der Waals surface area contributed by atoms with Gasteiger partial charge in [-0.05, 0) is 61.9 Å². The average molecular weight is 317 g/mol. The van der Waals surface area contributed by atoms with Crippen LogP contribution in [0.25, 0.3) is 10.4 Å². The fraction of sp³-hybridized carbons (Fsp3) is 0.389. The first-order chi connectivity index (χ1) is 10.6. The van der Waals surface area contributed by atoms with Crippen molar-refractivity contribution in [3.63, 3.8) is 0 Å². The highest BCUT2D eigenvalue weighted by atomic mass is 32.1. The number of thiophene rings is 1. The first-order valence-electron chi connectivity index (χ1n) is 7.64. The largest absolute Gasteiger partial charge is 0.396 e. The van der Waals surface area contributed by atoms with Gasteiger partial charge in [-0.25, -0.2) is 0 Å². The van der Waals surface area contributed by atoms with Crippen LogP contribution < -0.4 is 0 Å². The minimum Gasteiger partial charge on any atom is -0.396 e. The predicted octanol–water partition coefficient (Wildman–Crippen LogP) is 3.96. The second kappa shape index (κ2) is 7.56. The van der Waals surface area contributed by atoms with E-state index in [2.05, 4.69) is 18.4 Å². The molecule has 1 amide bonds. The Labute approximate surface area is 136 Å². The highest BCUT2D eigenvalue weighted by Crippen LogP contribution is 2.29. The van der Waals surface area contributed by atoms with Crippen molar-refractivity contribution >= 4 is 17.2 Å². The van der Waals surface area contributed by atoms with Crippen LogP contribution in [-0.4, -0.2) is 35.1 Å². The normalized spacial score (nSPS) is 12.2. The minimum absolute atomic E-state index is 0.0258. The topological polar surface area (TPSA) is 40.5 Å². The van der Waals surface area contributed by atoms with Crippen LogP contribution in [0.4, 0.5) is 0 Å². The van der Waals surface area contributed by atoms with E-state index in [-0.39, 0.29) is 18.6 Å². The molecule has 4 heteroatoms. The number of aryl methyl sites for hydroxylation is 1. The molecule has 0 aliphatic heterocycles. The van der Waals surface area contributed by atoms with Crippen molar-refractivity contribution < 1.29 is 9.90 Å². The number of carbonyl (C=O) groups is 1. The summed E-state index contributed by atoms with van der Waals surface area (Å²) in [7, 11) is 0. The van der Waals surface area contributed by atoms with Gasteiger partial charge < -0.3 is 10.0 Å². The van der Waals surface area contributed by atoms with Gasteiger partial charge in [0.25, 0.3) is 5.91 Å². The molecule has 2 rings (SSSR count). The number of nitrogens with zero attached hydrogens (tertiary/aromatic N) is 1. The van der Waals surface area contributed by atoms with Gasteiger partial charge in [0.1, 0.15) is 0 Å². The molecule has 0 aliphatic rings. The first kappa shape index (κ1) is 16.7. The van der Waals surface area contributed by atoms with Gasteiger partial charge in [-0.3, -0.25) is 4.79 Å². The molecule has 3 nitrogen and oxygen atoms in total. The number of benzene rings is 1. The second-order valence-electron chi connectivity index (χ2n) is 5.46. The molecule has 1 atom stereocenters. The van der Waals surface area contributed by atoms with Gasteiger partial charge in [-0.2, -0.15) is 0 Å². The van der Waals surface area contributed by atoms with Crippen LogP contribution in [-0.2, 0) is 0 Å². The van der Waals surface area contributed by atoms with Crippen LogP contribution >= 0.6 is 11.3 Å². The molecule has 0 radical (unpaired) electrons. The summed E-state index contributed by atoms with van der Waals surface area (Å²) in [5.74, 6) is 0.0258. The maximum absolute atomic E-state index is 12.6. The SMILES string of the molecule is CCN(C(=O)c1ccc(-c2sccc2C)cc1)[C@@H](C)CCO. The maximum atomic E-state index is 12.6. The second-order valence-corrected chi connectivity index (χ2v) is 6.38. The summed E-state index contributed by atoms with van der Waals surface area (Å²) >= 11 is 1.72. The van der Waals surface area contributed by atoms with E-state index in [4.69, 9.17) is 5.11 Å². The lowest BCUT2D eigenvalue weighted by Crippen LogP contribution is -2.38. The van der Waals surface area contributed by atoms with Gasteiger partial charge in [0.05, 0.1) is 0 Å². The fourth-order valence-corrected chi connectivity index (χ4v) is 3.53. The third-order valence-corrected chi connectivity index (χ3v) is 5.00. The summed E-state index contributed by atoms with van der Waals surface area (Å²) in [5.41, 5.74) is 3.11. The number of rotatable bonds is 6. The number of hydrogen-bond acceptors (Lipinski definition) is 3. The summed E-state index contributed by atoms with van der Waals surface area (Å²) in [6.45, 7) is 6.78. The van der Waals surface area contributed by atoms with Crippen LogP contribution in [0.2, 0.25) is 0 Å². The van der Waals surface area contributed by atoms with Crippen molar-refractivity contribution in [2.45, 2.75) is 33.2 Å². The molecule has 1 aromatic carbocycles. The number of aliphatic hydroxyl groups is 1. The highest BCUT2D eigenvalue weighted by Gasteiger charge is 2.19. The summed E-state index contributed by atoms with van der Waals surface area (Å²) in [4.78, 5) is 15.7. The van der Waals surface area contributed by atoms with Gasteiger partial charge in [0.2, 0.25) is 0 Å². The van der Waals surface area contributed by atoms with Crippen molar-refractivity contribution in [3.8, 4) is 10.4 Å². The molecule has 1 aromatic heterocycles. The number of carbonyl (C=O) groups excluding carboxylic acids is 1. The van der Waals surface area contributed by atoms with Crippen LogP contribution in [0.5, 0.6) is 0 Å². The quantitative estimate of drug-likeness (QED) is 0.876. The van der Waals surface area contributed by atoms with E-state index in [1.165, 1.54) is 10.4 Å². The van der Waals surface area contributed by atoms with Crippen molar-refractivity contribution in [3.05, 3.63) is 46.8 Å². The number of amides is 1. The number of hydrogen-bond donors (Lipinski definition) is 1. The lowest BCUT2D eigenvalue weighted by Gasteiger charge is -2.27. The summed E-state index contributed by atoms with van der Waals surface area (Å²) in [5, 5.41) is 11.1. The molecular weight excluding hydrogens is 294 g/mol. The van der Waals surface area contributed by atoms with Gasteiger partial charge in [0.15, 0.2) is 0 Å². The van der Waals surface area contributed by atoms with Gasteiger partial charge in [0, 0.05) is 29.6 Å². The monoisotopic (exact) mass is 317 g/mol. The summed E-state index contributed by atoms with van der Waals surface area (Å²) < 4.78 is 0. The maximum Gasteiger partial charge on any atom is 0.254 e. The third-order valence-electron chi connectivity index (χ3n) is 3.94. The Morgan fingerprint density at radius 1 is 1.27 bits per heavy atom. The Balaban J connectivity index is 2.19. The molecule has 0 fully saturated rings. The van der Waals surface area contributed by atoms with E-state index >= 15 is 0 Å². The number of aliphatic hydroxyl groups excluding tert-OH is 1. The molecule has 0 saturated heterocycles. The van der Waals surface area contributed by atoms with Crippen molar-refractivity contribution in [2.75, 3.05) is 13.2 Å². The van der Waals surface area contributed by atoms with E-state index in [1.807, 2.05) is 43.0 Å². The zero-order valence-corrected chi connectivity index (χ0v) is 14.2. The summed E-state index contributed by atoms with van der Waals surface area (Å²) in [6, 6.07) is 9.96. The summed E-state index contributed by atoms with van der Waals surface area (Å²) in [6.07, 6.45) is 0.603. The van der Waals surface area contributed by atoms with Crippen molar-refractivity contribution in [2.24, 2.45) is 0 Å². The van der Waals surface area contributed by atoms with E-state index in [0.29, 0.717) is 18.5 Å². The molecule has 22 heavy (non-hydrogen) atoms. The van der Waals surface area contributed by atoms with Crippen molar-refractivity contribution in [1.29, 1.82) is 0 Å². The lowest BCUT2D eigenvalue weighted by molar-refractivity contribution is 0.0679. The molecule has 0 unspecified atom stereocenters. The Morgan fingerprint density at radius 2 is 1.95 bits per heavy atom. The van der Waals surface area contributed by atoms with Crippen LogP contribution in [0.1, 0.15) is 36.2 Å². The highest BCUT2D eigenvalue weighted by molar-refractivity contribution is 7.13. The standard InChI is InChI=1S/C18H23NO2S/c1-4-19(14(3)9-11-20)18(21)16-7-5-15(6-8-16)17-13(2)10-12-22-17/h5-8,10,12,14,20H,4,9,11H2,1-3H3/t14-/m0/s1. The van der Waals surface area contributed by atoms with Crippen molar-refractivity contribution in [1.82, 2.24) is 4.90 Å². The molecule has 118 valence electrons. The van der Waals surface area contributed by atoms with Gasteiger partial charge in [-0.1, -0.05) is 12.1 Å². The van der Waals surface area contributed by atoms with E-state index in [1.54, 1.807) is 11.3 Å². The van der Waals surface area contributed by atoms with E-state index in [9.17, 15) is 4.79 Å². The molecule has 0 spiro atoms. The molecule has 0 aliphatic carbocycles. The first-order valence-corrected chi connectivity index (χ1v) is 8.52. The molecule has 1 N–H and O–H groups in total. The Kier molecular flexibility index (Phi) is 5.75. The lowest BCUT2D eigenvalue weighted by atomic mass is 10.1. The van der Waals surface area contributed by atoms with Crippen LogP contribution in [0.15, 0.2) is 35.7 Å². The predicted molar refractivity (Wildman–Crippen MR) is 92.4 cm³/mol. The van der Waals surface area contributed by atoms with E-state index < -0.39 is 0 Å². The zero-order chi connectivity index (χ0) is 16.1. The Hall–Kier alpha value is -1.65. The smallest absolute Gasteiger partial charge is 0.254 e. The van der Waals surface area contributed by atoms with Gasteiger partial charge >= 0.3 is 0 Å². The van der Waals surface area contributed by atoms with Crippen LogP contribution in [0.3, 0.4) is 0 Å². The van der Waals surface area contributed by atoms with E-state index in [0.717, 1.165) is 5.56 Å². The third kappa shape index (κ3) is 3.57. The molecule has 0 saturated carbocycles. The minimum atomic E-state index is 0.0258. The Morgan fingerprint density at radius 3 is 2.45 bits per heavy atom. The van der Waals surface area contributed by atoms with Gasteiger partial charge in [-0.15, -0.1) is 11.3 Å². The fourth-order valence-electron chi connectivity index (χ4n) is 2.60. The molecular formula is C18H23NO2S. The van der Waals surface area contributed by atoms with Crippen LogP contribution in [0, 0.1) is 6.92 Å².